The van der Waals surface area contributed by atoms with E-state index in [0.717, 1.165) is 16.4 Å². The third-order valence-corrected chi connectivity index (χ3v) is 9.22. The van der Waals surface area contributed by atoms with Crippen LogP contribution >= 0.6 is 51.1 Å². The molecule has 0 amide bonds. The zero-order valence-electron chi connectivity index (χ0n) is 18.2. The first-order valence-corrected chi connectivity index (χ1v) is 15.9. The van der Waals surface area contributed by atoms with Crippen LogP contribution in [-0.2, 0) is 17.5 Å². The lowest BCUT2D eigenvalue weighted by Gasteiger charge is -2.33. The molecule has 0 aliphatic carbocycles. The Bertz CT molecular complexity index is 1310. The Hall–Kier alpha value is -1.57. The SMILES string of the molecule is CP(C)(=O)c1ccc(NC2=C=IC=C(C(F)(F)F)C(N3CCc4c(Cl)cc(Cl)cc4C3)=N2)cc1. The van der Waals surface area contributed by atoms with E-state index in [0.29, 0.717) is 28.7 Å². The Morgan fingerprint density at radius 3 is 2.53 bits per heavy atom. The largest absolute Gasteiger partial charge is 0.420 e. The van der Waals surface area contributed by atoms with Gasteiger partial charge in [0.1, 0.15) is 18.6 Å². The number of alkyl halides is 3. The molecule has 2 aliphatic heterocycles. The predicted molar refractivity (Wildman–Crippen MR) is 144 cm³/mol. The number of nitrogens with zero attached hydrogens (tertiary/aromatic N) is 2. The number of nitrogens with one attached hydrogen (secondary N) is 1. The molecule has 0 spiro atoms. The number of anilines is 1. The Morgan fingerprint density at radius 1 is 1.18 bits per heavy atom. The molecule has 0 aromatic heterocycles. The average Bonchev–Trinajstić information content (AvgIpc) is 2.95. The van der Waals surface area contributed by atoms with Gasteiger partial charge in [-0.2, -0.15) is 13.2 Å². The van der Waals surface area contributed by atoms with Crippen LogP contribution in [0, 0.1) is 0 Å². The molecule has 4 rings (SSSR count). The molecule has 2 aromatic carbocycles. The Balaban J connectivity index is 1.67. The van der Waals surface area contributed by atoms with Crippen LogP contribution in [0.5, 0.6) is 0 Å². The highest BCUT2D eigenvalue weighted by atomic mass is 127. The Kier molecular flexibility index (Phi) is 7.37. The molecule has 0 saturated heterocycles. The lowest BCUT2D eigenvalue weighted by Crippen LogP contribution is -2.40. The topological polar surface area (TPSA) is 44.7 Å². The highest BCUT2D eigenvalue weighted by Gasteiger charge is 2.40. The van der Waals surface area contributed by atoms with Crippen molar-refractivity contribution in [2.24, 2.45) is 4.99 Å². The maximum Gasteiger partial charge on any atom is 0.420 e. The molecule has 11 heteroatoms. The molecule has 0 atom stereocenters. The standard InChI is InChI=1S/C23H20Cl2F3IN3OP/c1-34(2,33)17-5-3-16(4-6-17)30-21-12-29-11-19(23(26,27)28)22(31-21)32-8-7-18-14(13-32)9-15(24)10-20(18)25/h3-6,9-11,30H,7-8,13H2,1-2H3. The van der Waals surface area contributed by atoms with Crippen LogP contribution in [0.2, 0.25) is 10.0 Å². The average molecular weight is 640 g/mol. The van der Waals surface area contributed by atoms with Crippen LogP contribution in [0.1, 0.15) is 11.1 Å². The summed E-state index contributed by atoms with van der Waals surface area (Å²) in [5.74, 6) is 0.0850. The first-order chi connectivity index (χ1) is 15.9. The van der Waals surface area contributed by atoms with E-state index in [1.165, 1.54) is 4.08 Å². The zero-order chi connectivity index (χ0) is 24.7. The maximum absolute atomic E-state index is 14.0. The first-order valence-electron chi connectivity index (χ1n) is 10.2. The van der Waals surface area contributed by atoms with E-state index in [1.807, 2.05) is 0 Å². The Labute approximate surface area is 215 Å². The van der Waals surface area contributed by atoms with Crippen LogP contribution < -0.4 is 10.6 Å². The van der Waals surface area contributed by atoms with E-state index in [9.17, 15) is 17.7 Å². The summed E-state index contributed by atoms with van der Waals surface area (Å²) in [7, 11) is -2.41. The van der Waals surface area contributed by atoms with Gasteiger partial charge in [0.15, 0.2) is 5.82 Å². The second kappa shape index (κ2) is 9.82. The number of hydrogen-bond acceptors (Lipinski definition) is 4. The molecule has 2 aliphatic rings. The smallest absolute Gasteiger partial charge is 0.351 e. The highest BCUT2D eigenvalue weighted by Crippen LogP contribution is 2.36. The minimum atomic E-state index is -4.55. The molecule has 180 valence electrons. The first kappa shape index (κ1) is 25.5. The number of hydrogen-bond donors (Lipinski definition) is 1. The van der Waals surface area contributed by atoms with Crippen LogP contribution in [0.3, 0.4) is 0 Å². The summed E-state index contributed by atoms with van der Waals surface area (Å²) >= 11 is 11.3. The van der Waals surface area contributed by atoms with Crippen molar-refractivity contribution in [2.75, 3.05) is 25.2 Å². The van der Waals surface area contributed by atoms with Crippen molar-refractivity contribution in [1.29, 1.82) is 0 Å². The Morgan fingerprint density at radius 2 is 1.88 bits per heavy atom. The molecule has 2 heterocycles. The van der Waals surface area contributed by atoms with Gasteiger partial charge in [0.25, 0.3) is 0 Å². The van der Waals surface area contributed by atoms with Crippen molar-refractivity contribution in [1.82, 2.24) is 4.90 Å². The summed E-state index contributed by atoms with van der Waals surface area (Å²) in [6, 6.07) is 10.3. The molecule has 0 fully saturated rings. The summed E-state index contributed by atoms with van der Waals surface area (Å²) in [4.78, 5) is 6.00. The van der Waals surface area contributed by atoms with Gasteiger partial charge in [-0.3, -0.25) is 0 Å². The predicted octanol–water partition coefficient (Wildman–Crippen LogP) is 6.78. The maximum atomic E-state index is 14.0. The van der Waals surface area contributed by atoms with Gasteiger partial charge >= 0.3 is 6.18 Å². The van der Waals surface area contributed by atoms with Crippen molar-refractivity contribution in [3.05, 3.63) is 73.0 Å². The van der Waals surface area contributed by atoms with E-state index in [4.69, 9.17) is 23.2 Å². The molecular weight excluding hydrogens is 620 g/mol. The van der Waals surface area contributed by atoms with Gasteiger partial charge in [0.05, 0.1) is 0 Å². The molecule has 34 heavy (non-hydrogen) atoms. The molecule has 0 unspecified atom stereocenters. The molecule has 2 aromatic rings. The highest BCUT2D eigenvalue weighted by molar-refractivity contribution is 14.2. The summed E-state index contributed by atoms with van der Waals surface area (Å²) in [5, 5.41) is 4.74. The fourth-order valence-corrected chi connectivity index (χ4v) is 6.83. The van der Waals surface area contributed by atoms with E-state index < -0.39 is 39.6 Å². The summed E-state index contributed by atoms with van der Waals surface area (Å²) in [6.45, 7) is 3.91. The molecule has 0 saturated carbocycles. The molecular formula is C23H20Cl2F3IN3OP. The van der Waals surface area contributed by atoms with Crippen LogP contribution in [0.15, 0.2) is 56.9 Å². The van der Waals surface area contributed by atoms with Gasteiger partial charge < -0.3 is 14.8 Å². The van der Waals surface area contributed by atoms with Gasteiger partial charge in [0, 0.05) is 34.1 Å². The third-order valence-electron chi connectivity index (χ3n) is 5.37. The molecule has 1 N–H and O–H groups in total. The number of aliphatic imine (C=N–C) groups is 1. The molecule has 0 bridgehead atoms. The van der Waals surface area contributed by atoms with Gasteiger partial charge in [-0.05, 0) is 95.8 Å². The zero-order valence-corrected chi connectivity index (χ0v) is 22.7. The van der Waals surface area contributed by atoms with E-state index in [2.05, 4.69) is 14.0 Å². The van der Waals surface area contributed by atoms with Gasteiger partial charge in [-0.25, -0.2) is 4.99 Å². The fourth-order valence-electron chi connectivity index (χ4n) is 3.68. The number of halogens is 6. The fraction of sp³-hybridized carbons (Fsp3) is 0.261. The number of amidine groups is 1. The number of fused-ring (bicyclic) bond motifs is 1. The summed E-state index contributed by atoms with van der Waals surface area (Å²) < 4.78 is 58.4. The molecule has 4 nitrogen and oxygen atoms in total. The minimum Gasteiger partial charge on any atom is -0.351 e. The summed E-state index contributed by atoms with van der Waals surface area (Å²) in [6.07, 6.45) is -4.07. The van der Waals surface area contributed by atoms with Crippen molar-refractivity contribution in [3.63, 3.8) is 0 Å². The van der Waals surface area contributed by atoms with Crippen LogP contribution in [-0.4, -0.2) is 40.5 Å². The summed E-state index contributed by atoms with van der Waals surface area (Å²) in [5.41, 5.74) is 1.55. The van der Waals surface area contributed by atoms with Crippen molar-refractivity contribution in [2.45, 2.75) is 19.1 Å². The lowest BCUT2D eigenvalue weighted by molar-refractivity contribution is -0.0867. The van der Waals surface area contributed by atoms with Gasteiger partial charge in [-0.1, -0.05) is 23.2 Å². The van der Waals surface area contributed by atoms with Crippen molar-refractivity contribution < 1.29 is 17.7 Å². The number of rotatable bonds is 3. The normalized spacial score (nSPS) is 16.6. The van der Waals surface area contributed by atoms with Crippen molar-refractivity contribution in [3.8, 4) is 0 Å². The third kappa shape index (κ3) is 5.80. The van der Waals surface area contributed by atoms with E-state index in [-0.39, 0.29) is 18.2 Å². The van der Waals surface area contributed by atoms with Crippen molar-refractivity contribution >= 4 is 71.6 Å². The monoisotopic (exact) mass is 639 g/mol. The van der Waals surface area contributed by atoms with E-state index >= 15 is 0 Å². The van der Waals surface area contributed by atoms with Crippen LogP contribution in [0.25, 0.3) is 0 Å². The second-order valence-electron chi connectivity index (χ2n) is 8.23. The van der Waals surface area contributed by atoms with Crippen LogP contribution in [0.4, 0.5) is 18.9 Å². The minimum absolute atomic E-state index is 0.148. The quantitative estimate of drug-likeness (QED) is 0.297. The van der Waals surface area contributed by atoms with Gasteiger partial charge in [0.2, 0.25) is 0 Å². The van der Waals surface area contributed by atoms with Gasteiger partial charge in [-0.15, -0.1) is 0 Å². The second-order valence-corrected chi connectivity index (χ2v) is 14.1. The van der Waals surface area contributed by atoms with E-state index in [1.54, 1.807) is 54.6 Å². The molecule has 0 radical (unpaired) electrons. The number of benzene rings is 2. The lowest BCUT2D eigenvalue weighted by atomic mass is 9.99.